The number of piperidine rings is 1. The van der Waals surface area contributed by atoms with Gasteiger partial charge in [0.25, 0.3) is 0 Å². The summed E-state index contributed by atoms with van der Waals surface area (Å²) >= 11 is 0. The molecule has 0 unspecified atom stereocenters. The van der Waals surface area contributed by atoms with Crippen LogP contribution < -0.4 is 5.32 Å². The number of nitrogens with zero attached hydrogens (tertiary/aromatic N) is 3. The number of rotatable bonds is 4. The Labute approximate surface area is 103 Å². The summed E-state index contributed by atoms with van der Waals surface area (Å²) in [5, 5.41) is 7.92. The van der Waals surface area contributed by atoms with Crippen molar-refractivity contribution in [1.82, 2.24) is 20.0 Å². The average Bonchev–Trinajstić information content (AvgIpc) is 2.75. The first-order valence-electron chi connectivity index (χ1n) is 6.15. The fourth-order valence-electron chi connectivity index (χ4n) is 2.23. The maximum Gasteiger partial charge on any atom is 0.0762 e. The Morgan fingerprint density at radius 1 is 1.53 bits per heavy atom. The number of nitrogens with one attached hydrogen (secondary N) is 1. The SMILES string of the molecule is C#CCN1CCC(NCc2ccn(C)n2)CC1. The monoisotopic (exact) mass is 232 g/mol. The molecule has 1 aliphatic rings. The van der Waals surface area contributed by atoms with Crippen molar-refractivity contribution < 1.29 is 0 Å². The number of hydrogen-bond donors (Lipinski definition) is 1. The third-order valence-corrected chi connectivity index (χ3v) is 3.24. The molecule has 0 saturated carbocycles. The molecule has 4 heteroatoms. The molecule has 0 aromatic carbocycles. The molecule has 0 spiro atoms. The summed E-state index contributed by atoms with van der Waals surface area (Å²) < 4.78 is 1.84. The molecular formula is C13H20N4. The van der Waals surface area contributed by atoms with E-state index in [9.17, 15) is 0 Å². The molecule has 1 aromatic rings. The summed E-state index contributed by atoms with van der Waals surface area (Å²) in [5.74, 6) is 2.71. The van der Waals surface area contributed by atoms with E-state index in [1.807, 2.05) is 17.9 Å². The van der Waals surface area contributed by atoms with Crippen LogP contribution in [0.4, 0.5) is 0 Å². The molecule has 2 rings (SSSR count). The van der Waals surface area contributed by atoms with Gasteiger partial charge >= 0.3 is 0 Å². The highest BCUT2D eigenvalue weighted by molar-refractivity contribution is 4.98. The summed E-state index contributed by atoms with van der Waals surface area (Å²) in [7, 11) is 1.95. The van der Waals surface area contributed by atoms with Crippen LogP contribution in [0.2, 0.25) is 0 Å². The van der Waals surface area contributed by atoms with Crippen LogP contribution in [0.5, 0.6) is 0 Å². The van der Waals surface area contributed by atoms with Gasteiger partial charge in [-0.25, -0.2) is 0 Å². The zero-order valence-electron chi connectivity index (χ0n) is 10.4. The Morgan fingerprint density at radius 2 is 2.29 bits per heavy atom. The van der Waals surface area contributed by atoms with E-state index in [4.69, 9.17) is 6.42 Å². The van der Waals surface area contributed by atoms with Gasteiger partial charge in [-0.3, -0.25) is 9.58 Å². The Bertz CT molecular complexity index is 382. The van der Waals surface area contributed by atoms with Gasteiger partial charge in [-0.05, 0) is 18.9 Å². The van der Waals surface area contributed by atoms with Gasteiger partial charge in [0.2, 0.25) is 0 Å². The second kappa shape index (κ2) is 5.85. The number of terminal acetylenes is 1. The molecule has 1 fully saturated rings. The second-order valence-electron chi connectivity index (χ2n) is 4.62. The predicted molar refractivity (Wildman–Crippen MR) is 68.3 cm³/mol. The number of aryl methyl sites for hydroxylation is 1. The van der Waals surface area contributed by atoms with Gasteiger partial charge in [0.15, 0.2) is 0 Å². The highest BCUT2D eigenvalue weighted by Gasteiger charge is 2.17. The minimum Gasteiger partial charge on any atom is -0.308 e. The molecule has 4 nitrogen and oxygen atoms in total. The smallest absolute Gasteiger partial charge is 0.0762 e. The standard InChI is InChI=1S/C13H20N4/c1-3-7-17-9-5-12(6-10-17)14-11-13-4-8-16(2)15-13/h1,4,8,12,14H,5-7,9-11H2,2H3. The van der Waals surface area contributed by atoms with Crippen molar-refractivity contribution >= 4 is 0 Å². The largest absolute Gasteiger partial charge is 0.308 e. The van der Waals surface area contributed by atoms with E-state index in [1.54, 1.807) is 0 Å². The minimum absolute atomic E-state index is 0.603. The predicted octanol–water partition coefficient (Wildman–Crippen LogP) is 0.607. The van der Waals surface area contributed by atoms with Gasteiger partial charge in [0.05, 0.1) is 12.2 Å². The first-order chi connectivity index (χ1) is 8.28. The summed E-state index contributed by atoms with van der Waals surface area (Å²) in [6, 6.07) is 2.66. The average molecular weight is 232 g/mol. The lowest BCUT2D eigenvalue weighted by Gasteiger charge is -2.31. The molecule has 17 heavy (non-hydrogen) atoms. The molecule has 1 aromatic heterocycles. The van der Waals surface area contributed by atoms with Crippen molar-refractivity contribution in [2.24, 2.45) is 7.05 Å². The molecule has 0 atom stereocenters. The highest BCUT2D eigenvalue weighted by Crippen LogP contribution is 2.10. The fourth-order valence-corrected chi connectivity index (χ4v) is 2.23. The van der Waals surface area contributed by atoms with Crippen molar-refractivity contribution in [2.75, 3.05) is 19.6 Å². The van der Waals surface area contributed by atoms with Gasteiger partial charge in [0.1, 0.15) is 0 Å². The first-order valence-corrected chi connectivity index (χ1v) is 6.15. The zero-order chi connectivity index (χ0) is 12.1. The van der Waals surface area contributed by atoms with E-state index < -0.39 is 0 Å². The van der Waals surface area contributed by atoms with Gasteiger partial charge in [0, 0.05) is 38.9 Å². The molecule has 2 heterocycles. The number of aromatic nitrogens is 2. The lowest BCUT2D eigenvalue weighted by Crippen LogP contribution is -2.42. The van der Waals surface area contributed by atoms with E-state index in [-0.39, 0.29) is 0 Å². The highest BCUT2D eigenvalue weighted by atomic mass is 15.3. The molecule has 0 aliphatic carbocycles. The van der Waals surface area contributed by atoms with Crippen LogP contribution >= 0.6 is 0 Å². The molecule has 1 N–H and O–H groups in total. The summed E-state index contributed by atoms with van der Waals surface area (Å²) in [5.41, 5.74) is 1.11. The van der Waals surface area contributed by atoms with E-state index in [2.05, 4.69) is 27.3 Å². The van der Waals surface area contributed by atoms with Crippen molar-refractivity contribution in [2.45, 2.75) is 25.4 Å². The molecule has 1 aliphatic heterocycles. The Morgan fingerprint density at radius 3 is 2.88 bits per heavy atom. The third kappa shape index (κ3) is 3.58. The van der Waals surface area contributed by atoms with E-state index in [0.29, 0.717) is 6.04 Å². The van der Waals surface area contributed by atoms with Crippen LogP contribution in [-0.4, -0.2) is 40.4 Å². The lowest BCUT2D eigenvalue weighted by molar-refractivity contribution is 0.217. The van der Waals surface area contributed by atoms with Crippen LogP contribution in [0.1, 0.15) is 18.5 Å². The maximum atomic E-state index is 5.31. The normalized spacial score (nSPS) is 18.1. The molecule has 92 valence electrons. The number of likely N-dealkylation sites (tertiary alicyclic amines) is 1. The summed E-state index contributed by atoms with van der Waals surface area (Å²) in [4.78, 5) is 2.33. The van der Waals surface area contributed by atoms with Gasteiger partial charge in [-0.2, -0.15) is 5.10 Å². The minimum atomic E-state index is 0.603. The maximum absolute atomic E-state index is 5.31. The van der Waals surface area contributed by atoms with Gasteiger partial charge in [-0.1, -0.05) is 5.92 Å². The fraction of sp³-hybridized carbons (Fsp3) is 0.615. The van der Waals surface area contributed by atoms with Crippen LogP contribution in [0.25, 0.3) is 0 Å². The second-order valence-corrected chi connectivity index (χ2v) is 4.62. The molecule has 0 bridgehead atoms. The topological polar surface area (TPSA) is 33.1 Å². The Hall–Kier alpha value is -1.31. The number of hydrogen-bond acceptors (Lipinski definition) is 3. The van der Waals surface area contributed by atoms with Gasteiger partial charge in [-0.15, -0.1) is 6.42 Å². The Balaban J connectivity index is 1.70. The quantitative estimate of drug-likeness (QED) is 0.772. The van der Waals surface area contributed by atoms with Crippen molar-refractivity contribution in [3.8, 4) is 12.3 Å². The lowest BCUT2D eigenvalue weighted by atomic mass is 10.1. The first kappa shape index (κ1) is 12.2. The Kier molecular flexibility index (Phi) is 4.18. The van der Waals surface area contributed by atoms with Crippen LogP contribution in [0.3, 0.4) is 0 Å². The molecular weight excluding hydrogens is 212 g/mol. The van der Waals surface area contributed by atoms with Crippen LogP contribution in [0.15, 0.2) is 12.3 Å². The van der Waals surface area contributed by atoms with Crippen LogP contribution in [-0.2, 0) is 13.6 Å². The van der Waals surface area contributed by atoms with E-state index >= 15 is 0 Å². The molecule has 1 saturated heterocycles. The zero-order valence-corrected chi connectivity index (χ0v) is 10.4. The van der Waals surface area contributed by atoms with E-state index in [0.717, 1.165) is 31.9 Å². The summed E-state index contributed by atoms with van der Waals surface area (Å²) in [6.07, 6.45) is 9.64. The molecule has 0 amide bonds. The summed E-state index contributed by atoms with van der Waals surface area (Å²) in [6.45, 7) is 3.85. The van der Waals surface area contributed by atoms with E-state index in [1.165, 1.54) is 12.8 Å². The van der Waals surface area contributed by atoms with Crippen LogP contribution in [0, 0.1) is 12.3 Å². The molecule has 0 radical (unpaired) electrons. The van der Waals surface area contributed by atoms with Crippen molar-refractivity contribution in [3.05, 3.63) is 18.0 Å². The van der Waals surface area contributed by atoms with Crippen molar-refractivity contribution in [3.63, 3.8) is 0 Å². The van der Waals surface area contributed by atoms with Gasteiger partial charge < -0.3 is 5.32 Å². The third-order valence-electron chi connectivity index (χ3n) is 3.24. The van der Waals surface area contributed by atoms with Crippen molar-refractivity contribution in [1.29, 1.82) is 0 Å².